The third-order valence-electron chi connectivity index (χ3n) is 1.05. The fourth-order valence-corrected chi connectivity index (χ4v) is 0.547. The molecule has 1 heterocycles. The molecule has 3 nitrogen and oxygen atoms in total. The fourth-order valence-electron chi connectivity index (χ4n) is 0.547. The van der Waals surface area contributed by atoms with Gasteiger partial charge in [-0.15, -0.1) is 0 Å². The van der Waals surface area contributed by atoms with Gasteiger partial charge in [0.2, 0.25) is 0 Å². The van der Waals surface area contributed by atoms with E-state index in [0.29, 0.717) is 0 Å². The Balaban J connectivity index is 2.96. The number of hydrogen-bond donors (Lipinski definition) is 0. The van der Waals surface area contributed by atoms with E-state index in [1.807, 2.05) is 0 Å². The van der Waals surface area contributed by atoms with Gasteiger partial charge in [0.25, 0.3) is 5.92 Å². The average Bonchev–Trinajstić information content (AvgIpc) is 2.11. The molecule has 0 saturated heterocycles. The molecule has 0 fully saturated rings. The summed E-state index contributed by atoms with van der Waals surface area (Å²) >= 11 is 0. The van der Waals surface area contributed by atoms with Crippen molar-refractivity contribution in [2.75, 3.05) is 0 Å². The Bertz CT molecular complexity index is 225. The minimum Gasteiger partial charge on any atom is -0.200 e. The van der Waals surface area contributed by atoms with Crippen LogP contribution >= 0.6 is 0 Å². The lowest BCUT2D eigenvalue weighted by Gasteiger charge is -2.02. The first-order chi connectivity index (χ1) is 4.50. The second-order valence-electron chi connectivity index (χ2n) is 2.11. The molecule has 0 aliphatic rings. The molecule has 0 unspecified atom stereocenters. The van der Waals surface area contributed by atoms with Crippen LogP contribution < -0.4 is 0 Å². The number of aryl methyl sites for hydroxylation is 1. The van der Waals surface area contributed by atoms with E-state index in [-0.39, 0.29) is 5.69 Å². The fraction of sp³-hybridized carbons (Fsp3) is 0.600. The molecule has 0 radical (unpaired) electrons. The molecule has 0 saturated carbocycles. The van der Waals surface area contributed by atoms with Gasteiger partial charge in [-0.25, -0.2) is 0 Å². The van der Waals surface area contributed by atoms with E-state index in [2.05, 4.69) is 10.2 Å². The molecule has 1 aromatic rings. The normalized spacial score (nSPS) is 12.0. The molecule has 0 aromatic carbocycles. The van der Waals surface area contributed by atoms with Crippen molar-refractivity contribution < 1.29 is 8.78 Å². The number of rotatable bonds is 1. The number of aromatic nitrogens is 3. The van der Waals surface area contributed by atoms with Crippen LogP contribution in [0.4, 0.5) is 8.78 Å². The minimum atomic E-state index is -2.88. The topological polar surface area (TPSA) is 30.7 Å². The first-order valence-electron chi connectivity index (χ1n) is 2.75. The highest BCUT2D eigenvalue weighted by molar-refractivity contribution is 4.98. The maximum Gasteiger partial charge on any atom is 0.290 e. The van der Waals surface area contributed by atoms with Crippen molar-refractivity contribution in [2.24, 2.45) is 7.05 Å². The molecule has 1 aromatic heterocycles. The summed E-state index contributed by atoms with van der Waals surface area (Å²) in [5, 5.41) is 6.95. The van der Waals surface area contributed by atoms with Crippen LogP contribution in [-0.2, 0) is 13.0 Å². The van der Waals surface area contributed by atoms with E-state index >= 15 is 0 Å². The van der Waals surface area contributed by atoms with Crippen molar-refractivity contribution in [1.82, 2.24) is 15.0 Å². The quantitative estimate of drug-likeness (QED) is 0.591. The minimum absolute atomic E-state index is 0.296. The lowest BCUT2D eigenvalue weighted by Crippen LogP contribution is -2.08. The van der Waals surface area contributed by atoms with Gasteiger partial charge in [-0.3, -0.25) is 0 Å². The third-order valence-corrected chi connectivity index (χ3v) is 1.05. The van der Waals surface area contributed by atoms with E-state index in [0.717, 1.165) is 17.9 Å². The Morgan fingerprint density at radius 1 is 1.60 bits per heavy atom. The van der Waals surface area contributed by atoms with Crippen LogP contribution in [0.1, 0.15) is 12.6 Å². The predicted molar refractivity (Wildman–Crippen MR) is 30.6 cm³/mol. The lowest BCUT2D eigenvalue weighted by atomic mass is 10.3. The highest BCUT2D eigenvalue weighted by Gasteiger charge is 2.27. The van der Waals surface area contributed by atoms with Crippen molar-refractivity contribution in [3.05, 3.63) is 11.9 Å². The van der Waals surface area contributed by atoms with Crippen molar-refractivity contribution in [1.29, 1.82) is 0 Å². The van der Waals surface area contributed by atoms with E-state index in [4.69, 9.17) is 0 Å². The molecule has 0 spiro atoms. The maximum atomic E-state index is 12.4. The summed E-state index contributed by atoms with van der Waals surface area (Å²) in [5.74, 6) is -2.88. The Morgan fingerprint density at radius 3 is 2.40 bits per heavy atom. The lowest BCUT2D eigenvalue weighted by molar-refractivity contribution is 0.0122. The van der Waals surface area contributed by atoms with Gasteiger partial charge in [0.05, 0.1) is 6.20 Å². The molecule has 0 aliphatic carbocycles. The second-order valence-corrected chi connectivity index (χ2v) is 2.11. The molecule has 56 valence electrons. The Morgan fingerprint density at radius 2 is 2.20 bits per heavy atom. The molecule has 10 heavy (non-hydrogen) atoms. The van der Waals surface area contributed by atoms with Crippen molar-refractivity contribution in [2.45, 2.75) is 12.8 Å². The Labute approximate surface area is 56.7 Å². The van der Waals surface area contributed by atoms with Gasteiger partial charge in [0, 0.05) is 14.0 Å². The number of alkyl halides is 2. The Hall–Kier alpha value is -1.00. The van der Waals surface area contributed by atoms with Crippen LogP contribution in [-0.4, -0.2) is 15.0 Å². The van der Waals surface area contributed by atoms with Gasteiger partial charge in [-0.05, 0) is 0 Å². The number of nitrogens with zero attached hydrogens (tertiary/aromatic N) is 3. The van der Waals surface area contributed by atoms with E-state index < -0.39 is 5.92 Å². The molecule has 0 atom stereocenters. The monoisotopic (exact) mass is 147 g/mol. The van der Waals surface area contributed by atoms with Crippen LogP contribution in [0.3, 0.4) is 0 Å². The summed E-state index contributed by atoms with van der Waals surface area (Å²) in [4.78, 5) is 1.10. The van der Waals surface area contributed by atoms with Gasteiger partial charge < -0.3 is 0 Å². The summed E-state index contributed by atoms with van der Waals surface area (Å²) < 4.78 is 24.7. The SMILES string of the molecule is Cn1ncc(C(C)(F)F)n1. The summed E-state index contributed by atoms with van der Waals surface area (Å²) in [7, 11) is 1.50. The first-order valence-corrected chi connectivity index (χ1v) is 2.75. The van der Waals surface area contributed by atoms with Crippen LogP contribution in [0.5, 0.6) is 0 Å². The maximum absolute atomic E-state index is 12.4. The molecule has 0 aliphatic heterocycles. The first kappa shape index (κ1) is 7.11. The van der Waals surface area contributed by atoms with Gasteiger partial charge in [-0.2, -0.15) is 23.8 Å². The molecule has 5 heteroatoms. The number of hydrogen-bond acceptors (Lipinski definition) is 2. The smallest absolute Gasteiger partial charge is 0.200 e. The summed E-state index contributed by atoms with van der Waals surface area (Å²) in [6.45, 7) is 0.789. The van der Waals surface area contributed by atoms with Crippen LogP contribution in [0, 0.1) is 0 Å². The standard InChI is InChI=1S/C5H7F2N3/c1-5(6,7)4-3-8-10(2)9-4/h3H,1-2H3. The molecular weight excluding hydrogens is 140 g/mol. The van der Waals surface area contributed by atoms with Gasteiger partial charge in [0.1, 0.15) is 0 Å². The molecule has 1 rings (SSSR count). The molecular formula is C5H7F2N3. The summed E-state index contributed by atoms with van der Waals surface area (Å²) in [6, 6.07) is 0. The Kier molecular flexibility index (Phi) is 1.42. The van der Waals surface area contributed by atoms with Crippen molar-refractivity contribution in [3.8, 4) is 0 Å². The molecule has 0 N–H and O–H groups in total. The van der Waals surface area contributed by atoms with E-state index in [9.17, 15) is 8.78 Å². The van der Waals surface area contributed by atoms with Gasteiger partial charge >= 0.3 is 0 Å². The zero-order valence-electron chi connectivity index (χ0n) is 5.67. The molecule has 0 bridgehead atoms. The average molecular weight is 147 g/mol. The highest BCUT2D eigenvalue weighted by atomic mass is 19.3. The zero-order valence-corrected chi connectivity index (χ0v) is 5.67. The van der Waals surface area contributed by atoms with Crippen molar-refractivity contribution >= 4 is 0 Å². The summed E-state index contributed by atoms with van der Waals surface area (Å²) in [6.07, 6.45) is 1.06. The van der Waals surface area contributed by atoms with Gasteiger partial charge in [-0.1, -0.05) is 0 Å². The van der Waals surface area contributed by atoms with E-state index in [1.165, 1.54) is 7.05 Å². The number of halogens is 2. The van der Waals surface area contributed by atoms with Crippen LogP contribution in [0.15, 0.2) is 6.20 Å². The summed E-state index contributed by atoms with van der Waals surface area (Å²) in [5.41, 5.74) is -0.296. The largest absolute Gasteiger partial charge is 0.290 e. The zero-order chi connectivity index (χ0) is 7.78. The predicted octanol–water partition coefficient (Wildman–Crippen LogP) is 0.927. The highest BCUT2D eigenvalue weighted by Crippen LogP contribution is 2.23. The van der Waals surface area contributed by atoms with E-state index in [1.54, 1.807) is 0 Å². The van der Waals surface area contributed by atoms with Crippen LogP contribution in [0.25, 0.3) is 0 Å². The second kappa shape index (κ2) is 2.00. The van der Waals surface area contributed by atoms with Gasteiger partial charge in [0.15, 0.2) is 5.69 Å². The van der Waals surface area contributed by atoms with Crippen molar-refractivity contribution in [3.63, 3.8) is 0 Å². The van der Waals surface area contributed by atoms with Crippen LogP contribution in [0.2, 0.25) is 0 Å². The molecule has 0 amide bonds. The third kappa shape index (κ3) is 1.29.